The van der Waals surface area contributed by atoms with E-state index in [-0.39, 0.29) is 11.3 Å². The smallest absolute Gasteiger partial charge is 0.257 e. The van der Waals surface area contributed by atoms with Crippen molar-refractivity contribution in [2.24, 2.45) is 0 Å². The summed E-state index contributed by atoms with van der Waals surface area (Å²) in [6, 6.07) is 13.3. The lowest BCUT2D eigenvalue weighted by molar-refractivity contribution is -0.114. The van der Waals surface area contributed by atoms with Crippen LogP contribution in [0.5, 0.6) is 0 Å². The predicted molar refractivity (Wildman–Crippen MR) is 85.5 cm³/mol. The molecular weight excluding hydrogens is 333 g/mol. The summed E-state index contributed by atoms with van der Waals surface area (Å²) >= 11 is 16.9. The molecule has 0 aromatic heterocycles. The van der Waals surface area contributed by atoms with Crippen LogP contribution in [-0.2, 0) is 4.79 Å². The highest BCUT2D eigenvalue weighted by molar-refractivity contribution is 6.54. The molecular formula is C15H10Cl3NO2. The second-order valence-electron chi connectivity index (χ2n) is 4.18. The molecule has 1 N–H and O–H groups in total. The summed E-state index contributed by atoms with van der Waals surface area (Å²) in [4.78, 5) is 22.9. The second kappa shape index (κ2) is 6.94. The van der Waals surface area contributed by atoms with Crippen LogP contribution in [0.15, 0.2) is 48.5 Å². The van der Waals surface area contributed by atoms with Gasteiger partial charge in [-0.25, -0.2) is 0 Å². The number of carbonyl (C=O) groups excluding carboxylic acids is 2. The predicted octanol–water partition coefficient (Wildman–Crippen LogP) is 4.31. The Morgan fingerprint density at radius 2 is 1.67 bits per heavy atom. The summed E-state index contributed by atoms with van der Waals surface area (Å²) in [6.45, 7) is 0. The zero-order valence-corrected chi connectivity index (χ0v) is 12.9. The molecule has 0 radical (unpaired) electrons. The van der Waals surface area contributed by atoms with Gasteiger partial charge in [-0.05, 0) is 18.2 Å². The number of benzene rings is 2. The van der Waals surface area contributed by atoms with Crippen LogP contribution in [-0.4, -0.2) is 16.5 Å². The zero-order chi connectivity index (χ0) is 15.4. The van der Waals surface area contributed by atoms with Gasteiger partial charge in [-0.3, -0.25) is 9.59 Å². The van der Waals surface area contributed by atoms with Crippen molar-refractivity contribution in [2.45, 2.75) is 4.84 Å². The summed E-state index contributed by atoms with van der Waals surface area (Å²) < 4.78 is 0. The largest absolute Gasteiger partial charge is 0.323 e. The maximum Gasteiger partial charge on any atom is 0.257 e. The van der Waals surface area contributed by atoms with E-state index >= 15 is 0 Å². The summed E-state index contributed by atoms with van der Waals surface area (Å²) in [5.41, 5.74) is 1.07. The Labute approximate surface area is 136 Å². The molecule has 2 aromatic carbocycles. The Morgan fingerprint density at radius 1 is 1.00 bits per heavy atom. The third-order valence-electron chi connectivity index (χ3n) is 2.72. The van der Waals surface area contributed by atoms with Crippen LogP contribution in [0.2, 0.25) is 5.02 Å². The van der Waals surface area contributed by atoms with Gasteiger partial charge in [0.25, 0.3) is 5.91 Å². The van der Waals surface area contributed by atoms with Crippen molar-refractivity contribution in [3.8, 4) is 0 Å². The number of anilines is 1. The van der Waals surface area contributed by atoms with Crippen molar-refractivity contribution in [1.82, 2.24) is 0 Å². The third-order valence-corrected chi connectivity index (χ3v) is 3.35. The molecule has 0 bridgehead atoms. The van der Waals surface area contributed by atoms with Crippen LogP contribution in [0, 0.1) is 0 Å². The molecule has 0 spiro atoms. The quantitative estimate of drug-likeness (QED) is 0.664. The van der Waals surface area contributed by atoms with Crippen LogP contribution in [0.3, 0.4) is 0 Å². The Hall–Kier alpha value is -1.55. The molecule has 0 unspecified atom stereocenters. The Balaban J connectivity index is 2.40. The van der Waals surface area contributed by atoms with Gasteiger partial charge in [0.2, 0.25) is 0 Å². The molecule has 21 heavy (non-hydrogen) atoms. The number of hydrogen-bond acceptors (Lipinski definition) is 2. The van der Waals surface area contributed by atoms with E-state index in [1.165, 1.54) is 12.1 Å². The number of ketones is 1. The molecule has 0 fully saturated rings. The molecule has 6 heteroatoms. The highest BCUT2D eigenvalue weighted by Gasteiger charge is 2.18. The maximum atomic E-state index is 12.5. The Bertz CT molecular complexity index is 672. The highest BCUT2D eigenvalue weighted by atomic mass is 35.5. The first-order chi connectivity index (χ1) is 9.99. The van der Waals surface area contributed by atoms with Crippen LogP contribution in [0.1, 0.15) is 15.9 Å². The molecule has 0 heterocycles. The van der Waals surface area contributed by atoms with Crippen LogP contribution in [0.4, 0.5) is 5.69 Å². The Morgan fingerprint density at radius 3 is 2.29 bits per heavy atom. The topological polar surface area (TPSA) is 46.2 Å². The number of nitrogens with one attached hydrogen (secondary N) is 1. The summed E-state index contributed by atoms with van der Waals surface area (Å²) in [7, 11) is 0. The van der Waals surface area contributed by atoms with Crippen LogP contribution < -0.4 is 5.32 Å². The number of alkyl halides is 2. The van der Waals surface area contributed by atoms with Gasteiger partial charge in [0, 0.05) is 16.1 Å². The van der Waals surface area contributed by atoms with E-state index in [0.717, 1.165) is 0 Å². The number of amides is 1. The second-order valence-corrected chi connectivity index (χ2v) is 5.71. The van der Waals surface area contributed by atoms with Crippen molar-refractivity contribution >= 4 is 52.2 Å². The molecule has 0 atom stereocenters. The lowest BCUT2D eigenvalue weighted by Gasteiger charge is -2.11. The lowest BCUT2D eigenvalue weighted by Crippen LogP contribution is -2.20. The van der Waals surface area contributed by atoms with Gasteiger partial charge in [0.05, 0.1) is 5.69 Å². The third kappa shape index (κ3) is 3.97. The monoisotopic (exact) mass is 341 g/mol. The number of hydrogen-bond donors (Lipinski definition) is 1. The van der Waals surface area contributed by atoms with Gasteiger partial charge in [-0.1, -0.05) is 65.1 Å². The fraction of sp³-hybridized carbons (Fsp3) is 0.0667. The van der Waals surface area contributed by atoms with Gasteiger partial charge < -0.3 is 5.32 Å². The molecule has 2 rings (SSSR count). The van der Waals surface area contributed by atoms with Crippen LogP contribution >= 0.6 is 34.8 Å². The summed E-state index contributed by atoms with van der Waals surface area (Å²) in [5.74, 6) is -0.864. The maximum absolute atomic E-state index is 12.5. The molecule has 0 aliphatic rings. The van der Waals surface area contributed by atoms with E-state index in [9.17, 15) is 9.59 Å². The van der Waals surface area contributed by atoms with Crippen molar-refractivity contribution < 1.29 is 9.59 Å². The minimum absolute atomic E-state index is 0.255. The van der Waals surface area contributed by atoms with E-state index < -0.39 is 10.7 Å². The number of rotatable bonds is 4. The van der Waals surface area contributed by atoms with Crippen molar-refractivity contribution in [2.75, 3.05) is 5.32 Å². The average molecular weight is 343 g/mol. The molecule has 0 saturated heterocycles. The lowest BCUT2D eigenvalue weighted by atomic mass is 10.0. The SMILES string of the molecule is O=C(c1ccccc1)c1cc(Cl)ccc1NC(=O)C(Cl)Cl. The van der Waals surface area contributed by atoms with E-state index in [1.54, 1.807) is 30.3 Å². The molecule has 0 saturated carbocycles. The first-order valence-corrected chi connectivity index (χ1v) is 7.22. The molecule has 108 valence electrons. The molecule has 1 amide bonds. The number of carbonyl (C=O) groups is 2. The van der Waals surface area contributed by atoms with E-state index in [4.69, 9.17) is 34.8 Å². The minimum atomic E-state index is -1.22. The van der Waals surface area contributed by atoms with Gasteiger partial charge in [0.15, 0.2) is 10.6 Å². The fourth-order valence-electron chi connectivity index (χ4n) is 1.75. The minimum Gasteiger partial charge on any atom is -0.323 e. The van der Waals surface area contributed by atoms with Gasteiger partial charge in [-0.2, -0.15) is 0 Å². The number of halogens is 3. The van der Waals surface area contributed by atoms with Crippen LogP contribution in [0.25, 0.3) is 0 Å². The first kappa shape index (κ1) is 15.8. The zero-order valence-electron chi connectivity index (χ0n) is 10.6. The average Bonchev–Trinajstić information content (AvgIpc) is 2.49. The molecule has 0 aliphatic carbocycles. The Kier molecular flexibility index (Phi) is 5.23. The molecule has 2 aromatic rings. The standard InChI is InChI=1S/C15H10Cl3NO2/c16-10-6-7-12(19-15(21)14(17)18)11(8-10)13(20)9-4-2-1-3-5-9/h1-8,14H,(H,19,21). The van der Waals surface area contributed by atoms with Crippen molar-refractivity contribution in [3.05, 3.63) is 64.7 Å². The van der Waals surface area contributed by atoms with Gasteiger partial charge in [-0.15, -0.1) is 0 Å². The van der Waals surface area contributed by atoms with E-state index in [2.05, 4.69) is 5.32 Å². The normalized spacial score (nSPS) is 10.5. The van der Waals surface area contributed by atoms with E-state index in [1.807, 2.05) is 6.07 Å². The highest BCUT2D eigenvalue weighted by Crippen LogP contribution is 2.24. The first-order valence-electron chi connectivity index (χ1n) is 5.97. The van der Waals surface area contributed by atoms with Gasteiger partial charge in [0.1, 0.15) is 0 Å². The summed E-state index contributed by atoms with van der Waals surface area (Å²) in [6.07, 6.45) is 0. The molecule has 3 nitrogen and oxygen atoms in total. The summed E-state index contributed by atoms with van der Waals surface area (Å²) in [5, 5.41) is 2.89. The fourth-order valence-corrected chi connectivity index (χ4v) is 2.03. The van der Waals surface area contributed by atoms with Crippen molar-refractivity contribution in [3.63, 3.8) is 0 Å². The van der Waals surface area contributed by atoms with E-state index in [0.29, 0.717) is 16.3 Å². The van der Waals surface area contributed by atoms with Crippen molar-refractivity contribution in [1.29, 1.82) is 0 Å². The molecule has 0 aliphatic heterocycles. The van der Waals surface area contributed by atoms with Gasteiger partial charge >= 0.3 is 0 Å².